The van der Waals surface area contributed by atoms with E-state index in [4.69, 9.17) is 11.6 Å². The van der Waals surface area contributed by atoms with E-state index in [2.05, 4.69) is 47.4 Å². The molecule has 5 nitrogen and oxygen atoms in total. The molecule has 0 aliphatic rings. The molecule has 1 amide bonds. The molecule has 0 spiro atoms. The van der Waals surface area contributed by atoms with E-state index in [0.29, 0.717) is 10.7 Å². The SMILES string of the molecule is Cc1ccc(-c2cc3c(SCC(=O)Nc4ccc(Cl)cc4)nccn3n2)cc1C. The number of fused-ring (bicyclic) bond motifs is 1. The molecule has 0 saturated heterocycles. The number of aryl methyl sites for hydroxylation is 2. The van der Waals surface area contributed by atoms with Crippen molar-refractivity contribution in [3.63, 3.8) is 0 Å². The van der Waals surface area contributed by atoms with Gasteiger partial charge >= 0.3 is 0 Å². The Hall–Kier alpha value is -2.83. The maximum Gasteiger partial charge on any atom is 0.234 e. The highest BCUT2D eigenvalue weighted by atomic mass is 35.5. The minimum atomic E-state index is -0.102. The number of anilines is 1. The molecular weight excluding hydrogens is 404 g/mol. The zero-order valence-electron chi connectivity index (χ0n) is 16.0. The standard InChI is InChI=1S/C22H19ClN4OS/c1-14-3-4-16(11-15(14)2)19-12-20-22(24-9-10-27(20)26-19)29-13-21(28)25-18-7-5-17(23)6-8-18/h3-12H,13H2,1-2H3,(H,25,28). The Labute approximate surface area is 178 Å². The summed E-state index contributed by atoms with van der Waals surface area (Å²) in [6.45, 7) is 4.19. The van der Waals surface area contributed by atoms with Crippen molar-refractivity contribution >= 4 is 40.5 Å². The molecule has 146 valence electrons. The van der Waals surface area contributed by atoms with Crippen LogP contribution in [0.25, 0.3) is 16.8 Å². The van der Waals surface area contributed by atoms with Crippen LogP contribution in [0, 0.1) is 13.8 Å². The van der Waals surface area contributed by atoms with Crippen molar-refractivity contribution in [3.8, 4) is 11.3 Å². The van der Waals surface area contributed by atoms with E-state index < -0.39 is 0 Å². The van der Waals surface area contributed by atoms with Crippen molar-refractivity contribution in [1.82, 2.24) is 14.6 Å². The van der Waals surface area contributed by atoms with Gasteiger partial charge in [-0.3, -0.25) is 4.79 Å². The highest BCUT2D eigenvalue weighted by Gasteiger charge is 2.12. The van der Waals surface area contributed by atoms with Crippen LogP contribution in [0.3, 0.4) is 0 Å². The van der Waals surface area contributed by atoms with E-state index >= 15 is 0 Å². The normalized spacial score (nSPS) is 11.0. The summed E-state index contributed by atoms with van der Waals surface area (Å²) >= 11 is 7.26. The number of rotatable bonds is 5. The van der Waals surface area contributed by atoms with Crippen LogP contribution in [0.4, 0.5) is 5.69 Å². The largest absolute Gasteiger partial charge is 0.325 e. The Morgan fingerprint density at radius 2 is 1.90 bits per heavy atom. The first-order valence-corrected chi connectivity index (χ1v) is 10.5. The summed E-state index contributed by atoms with van der Waals surface area (Å²) in [5.41, 5.74) is 6.02. The molecule has 1 N–H and O–H groups in total. The van der Waals surface area contributed by atoms with Crippen LogP contribution >= 0.6 is 23.4 Å². The Morgan fingerprint density at radius 3 is 2.66 bits per heavy atom. The Bertz CT molecular complexity index is 1190. The first-order valence-electron chi connectivity index (χ1n) is 9.10. The molecule has 0 saturated carbocycles. The van der Waals surface area contributed by atoms with Gasteiger partial charge in [-0.25, -0.2) is 9.50 Å². The molecule has 7 heteroatoms. The number of carbonyl (C=O) groups is 1. The molecule has 2 aromatic carbocycles. The highest BCUT2D eigenvalue weighted by Crippen LogP contribution is 2.27. The predicted molar refractivity (Wildman–Crippen MR) is 119 cm³/mol. The van der Waals surface area contributed by atoms with E-state index in [1.54, 1.807) is 35.0 Å². The highest BCUT2D eigenvalue weighted by molar-refractivity contribution is 8.00. The van der Waals surface area contributed by atoms with E-state index in [1.807, 2.05) is 12.3 Å². The number of amides is 1. The number of nitrogens with zero attached hydrogens (tertiary/aromatic N) is 3. The Kier molecular flexibility index (Phi) is 5.56. The molecule has 2 heterocycles. The van der Waals surface area contributed by atoms with Crippen molar-refractivity contribution in [1.29, 1.82) is 0 Å². The lowest BCUT2D eigenvalue weighted by Gasteiger charge is -2.05. The molecule has 2 aromatic heterocycles. The number of thioether (sulfide) groups is 1. The molecule has 0 bridgehead atoms. The van der Waals surface area contributed by atoms with Crippen LogP contribution < -0.4 is 5.32 Å². The number of carbonyl (C=O) groups excluding carboxylic acids is 1. The van der Waals surface area contributed by atoms with Crippen LogP contribution in [0.1, 0.15) is 11.1 Å². The summed E-state index contributed by atoms with van der Waals surface area (Å²) in [6.07, 6.45) is 3.52. The second-order valence-electron chi connectivity index (χ2n) is 6.73. The van der Waals surface area contributed by atoms with Gasteiger partial charge in [-0.05, 0) is 61.4 Å². The molecule has 0 fully saturated rings. The summed E-state index contributed by atoms with van der Waals surface area (Å²) in [7, 11) is 0. The fourth-order valence-electron chi connectivity index (χ4n) is 2.92. The molecular formula is C22H19ClN4OS. The Morgan fingerprint density at radius 1 is 1.10 bits per heavy atom. The fourth-order valence-corrected chi connectivity index (χ4v) is 3.82. The predicted octanol–water partition coefficient (Wildman–Crippen LogP) is 5.40. The zero-order chi connectivity index (χ0) is 20.4. The lowest BCUT2D eigenvalue weighted by molar-refractivity contribution is -0.113. The number of aromatic nitrogens is 3. The quantitative estimate of drug-likeness (QED) is 0.437. The van der Waals surface area contributed by atoms with Crippen LogP contribution in [-0.4, -0.2) is 26.3 Å². The van der Waals surface area contributed by atoms with E-state index in [0.717, 1.165) is 21.8 Å². The molecule has 4 rings (SSSR count). The summed E-state index contributed by atoms with van der Waals surface area (Å²) in [5, 5.41) is 8.93. The minimum Gasteiger partial charge on any atom is -0.325 e. The van der Waals surface area contributed by atoms with Crippen molar-refractivity contribution in [2.24, 2.45) is 0 Å². The van der Waals surface area contributed by atoms with Gasteiger partial charge in [0.1, 0.15) is 5.03 Å². The summed E-state index contributed by atoms with van der Waals surface area (Å²) < 4.78 is 1.80. The molecule has 0 aliphatic heterocycles. The van der Waals surface area contributed by atoms with Gasteiger partial charge in [0.05, 0.1) is 17.0 Å². The third kappa shape index (κ3) is 4.44. The first-order chi connectivity index (χ1) is 14.0. The van der Waals surface area contributed by atoms with Gasteiger partial charge in [0.15, 0.2) is 0 Å². The van der Waals surface area contributed by atoms with Gasteiger partial charge in [-0.2, -0.15) is 5.10 Å². The summed E-state index contributed by atoms with van der Waals surface area (Å²) in [4.78, 5) is 16.7. The number of hydrogen-bond donors (Lipinski definition) is 1. The topological polar surface area (TPSA) is 59.3 Å². The van der Waals surface area contributed by atoms with E-state index in [1.165, 1.54) is 22.9 Å². The number of benzene rings is 2. The van der Waals surface area contributed by atoms with E-state index in [9.17, 15) is 4.79 Å². The van der Waals surface area contributed by atoms with Crippen LogP contribution in [-0.2, 0) is 4.79 Å². The molecule has 0 atom stereocenters. The second-order valence-corrected chi connectivity index (χ2v) is 8.14. The van der Waals surface area contributed by atoms with Gasteiger partial charge in [0.2, 0.25) is 5.91 Å². The monoisotopic (exact) mass is 422 g/mol. The lowest BCUT2D eigenvalue weighted by atomic mass is 10.0. The van der Waals surface area contributed by atoms with E-state index in [-0.39, 0.29) is 11.7 Å². The lowest BCUT2D eigenvalue weighted by Crippen LogP contribution is -2.14. The average molecular weight is 423 g/mol. The van der Waals surface area contributed by atoms with Crippen molar-refractivity contribution in [2.45, 2.75) is 18.9 Å². The fraction of sp³-hybridized carbons (Fsp3) is 0.136. The van der Waals surface area contributed by atoms with Crippen molar-refractivity contribution < 1.29 is 4.79 Å². The molecule has 0 unspecified atom stereocenters. The summed E-state index contributed by atoms with van der Waals surface area (Å²) in [6, 6.07) is 15.4. The van der Waals surface area contributed by atoms with Gasteiger partial charge in [-0.1, -0.05) is 35.5 Å². The smallest absolute Gasteiger partial charge is 0.234 e. The third-order valence-corrected chi connectivity index (χ3v) is 5.87. The molecule has 0 radical (unpaired) electrons. The number of halogens is 1. The maximum atomic E-state index is 12.3. The van der Waals surface area contributed by atoms with Gasteiger partial charge < -0.3 is 5.32 Å². The molecule has 29 heavy (non-hydrogen) atoms. The zero-order valence-corrected chi connectivity index (χ0v) is 17.6. The van der Waals surface area contributed by atoms with Gasteiger partial charge in [0, 0.05) is 28.7 Å². The Balaban J connectivity index is 1.51. The third-order valence-electron chi connectivity index (χ3n) is 4.63. The minimum absolute atomic E-state index is 0.102. The van der Waals surface area contributed by atoms with Crippen molar-refractivity contribution in [2.75, 3.05) is 11.1 Å². The number of nitrogens with one attached hydrogen (secondary N) is 1. The van der Waals surface area contributed by atoms with Crippen LogP contribution in [0.15, 0.2) is 66.0 Å². The van der Waals surface area contributed by atoms with Crippen LogP contribution in [0.2, 0.25) is 5.02 Å². The van der Waals surface area contributed by atoms with Gasteiger partial charge in [-0.15, -0.1) is 0 Å². The maximum absolute atomic E-state index is 12.3. The number of hydrogen-bond acceptors (Lipinski definition) is 4. The first kappa shape index (κ1) is 19.5. The van der Waals surface area contributed by atoms with Gasteiger partial charge in [0.25, 0.3) is 0 Å². The molecule has 0 aliphatic carbocycles. The summed E-state index contributed by atoms with van der Waals surface area (Å²) in [5.74, 6) is 0.148. The molecule has 4 aromatic rings. The van der Waals surface area contributed by atoms with Crippen LogP contribution in [0.5, 0.6) is 0 Å². The average Bonchev–Trinajstić information content (AvgIpc) is 3.15. The second kappa shape index (κ2) is 8.27. The van der Waals surface area contributed by atoms with Crippen molar-refractivity contribution in [3.05, 3.63) is 77.1 Å².